The Kier molecular flexibility index (Phi) is 2.32. The molecule has 0 radical (unpaired) electrons. The fourth-order valence-corrected chi connectivity index (χ4v) is 1.45. The van der Waals surface area contributed by atoms with Gasteiger partial charge in [-0.25, -0.2) is 0 Å². The number of likely N-dealkylation sites (tertiary alicyclic amines) is 1. The van der Waals surface area contributed by atoms with E-state index in [9.17, 15) is 0 Å². The van der Waals surface area contributed by atoms with Crippen molar-refractivity contribution in [2.45, 2.75) is 32.9 Å². The second-order valence-corrected chi connectivity index (χ2v) is 3.69. The molecule has 2 heteroatoms. The topological polar surface area (TPSA) is 29.3 Å². The van der Waals surface area contributed by atoms with Gasteiger partial charge in [-0.1, -0.05) is 6.92 Å². The van der Waals surface area contributed by atoms with E-state index in [2.05, 4.69) is 25.7 Å². The average molecular weight is 142 g/mol. The third kappa shape index (κ3) is 1.50. The fourth-order valence-electron chi connectivity index (χ4n) is 1.45. The Hall–Kier alpha value is -0.0800. The molecule has 1 heterocycles. The molecule has 10 heavy (non-hydrogen) atoms. The molecule has 0 aromatic rings. The molecule has 60 valence electrons. The highest BCUT2D eigenvalue weighted by molar-refractivity contribution is 4.85. The molecule has 0 bridgehead atoms. The van der Waals surface area contributed by atoms with Crippen LogP contribution in [-0.4, -0.2) is 30.1 Å². The van der Waals surface area contributed by atoms with E-state index in [0.717, 1.165) is 6.54 Å². The standard InChI is InChI=1S/C8H18N2/c1-6(2)10-4-7(3)8(9)5-10/h6-8H,4-5,9H2,1-3H3. The highest BCUT2D eigenvalue weighted by atomic mass is 15.2. The first-order valence-electron chi connectivity index (χ1n) is 4.11. The van der Waals surface area contributed by atoms with Crippen LogP contribution in [0.1, 0.15) is 20.8 Å². The first-order chi connectivity index (χ1) is 4.61. The van der Waals surface area contributed by atoms with E-state index in [0.29, 0.717) is 18.0 Å². The number of nitrogens with two attached hydrogens (primary N) is 1. The van der Waals surface area contributed by atoms with E-state index in [1.54, 1.807) is 0 Å². The van der Waals surface area contributed by atoms with Crippen molar-refractivity contribution in [2.24, 2.45) is 11.7 Å². The summed E-state index contributed by atoms with van der Waals surface area (Å²) in [4.78, 5) is 2.44. The van der Waals surface area contributed by atoms with Crippen molar-refractivity contribution in [3.8, 4) is 0 Å². The van der Waals surface area contributed by atoms with Gasteiger partial charge in [-0.3, -0.25) is 4.90 Å². The molecule has 1 aliphatic heterocycles. The van der Waals surface area contributed by atoms with Gasteiger partial charge in [0, 0.05) is 25.2 Å². The van der Waals surface area contributed by atoms with E-state index in [-0.39, 0.29) is 0 Å². The average Bonchev–Trinajstić information content (AvgIpc) is 2.13. The fraction of sp³-hybridized carbons (Fsp3) is 1.00. The van der Waals surface area contributed by atoms with Crippen LogP contribution in [0.5, 0.6) is 0 Å². The van der Waals surface area contributed by atoms with Crippen LogP contribution in [0.3, 0.4) is 0 Å². The monoisotopic (exact) mass is 142 g/mol. The molecule has 0 saturated carbocycles. The molecule has 0 amide bonds. The summed E-state index contributed by atoms with van der Waals surface area (Å²) < 4.78 is 0. The molecule has 2 nitrogen and oxygen atoms in total. The summed E-state index contributed by atoms with van der Waals surface area (Å²) >= 11 is 0. The number of rotatable bonds is 1. The minimum absolute atomic E-state index is 0.405. The van der Waals surface area contributed by atoms with Gasteiger partial charge in [0.25, 0.3) is 0 Å². The molecule has 1 saturated heterocycles. The first-order valence-corrected chi connectivity index (χ1v) is 4.11. The van der Waals surface area contributed by atoms with Crippen molar-refractivity contribution in [2.75, 3.05) is 13.1 Å². The maximum absolute atomic E-state index is 5.86. The minimum atomic E-state index is 0.405. The quantitative estimate of drug-likeness (QED) is 0.583. The lowest BCUT2D eigenvalue weighted by atomic mass is 10.1. The van der Waals surface area contributed by atoms with Crippen LogP contribution in [0.15, 0.2) is 0 Å². The van der Waals surface area contributed by atoms with Gasteiger partial charge in [0.15, 0.2) is 0 Å². The minimum Gasteiger partial charge on any atom is -0.326 e. The number of hydrogen-bond acceptors (Lipinski definition) is 2. The lowest BCUT2D eigenvalue weighted by molar-refractivity contribution is 0.266. The van der Waals surface area contributed by atoms with Crippen molar-refractivity contribution in [3.05, 3.63) is 0 Å². The van der Waals surface area contributed by atoms with Gasteiger partial charge >= 0.3 is 0 Å². The predicted molar refractivity (Wildman–Crippen MR) is 43.8 cm³/mol. The molecular formula is C8H18N2. The SMILES string of the molecule is CC1CN(C(C)C)CC1N. The third-order valence-electron chi connectivity index (χ3n) is 2.43. The Morgan fingerprint density at radius 2 is 2.00 bits per heavy atom. The molecule has 2 N–H and O–H groups in total. The number of nitrogens with zero attached hydrogens (tertiary/aromatic N) is 1. The summed E-state index contributed by atoms with van der Waals surface area (Å²) in [5.41, 5.74) is 5.86. The summed E-state index contributed by atoms with van der Waals surface area (Å²) in [5.74, 6) is 0.683. The van der Waals surface area contributed by atoms with Crippen molar-refractivity contribution in [1.29, 1.82) is 0 Å². The largest absolute Gasteiger partial charge is 0.326 e. The van der Waals surface area contributed by atoms with Gasteiger partial charge < -0.3 is 5.73 Å². The van der Waals surface area contributed by atoms with Crippen molar-refractivity contribution in [3.63, 3.8) is 0 Å². The van der Waals surface area contributed by atoms with E-state index in [4.69, 9.17) is 5.73 Å². The van der Waals surface area contributed by atoms with Crippen LogP contribution in [0.25, 0.3) is 0 Å². The lowest BCUT2D eigenvalue weighted by Gasteiger charge is -2.19. The Bertz CT molecular complexity index is 102. The molecular weight excluding hydrogens is 124 g/mol. The molecule has 0 aromatic carbocycles. The zero-order chi connectivity index (χ0) is 7.72. The molecule has 1 fully saturated rings. The lowest BCUT2D eigenvalue weighted by Crippen LogP contribution is -2.31. The van der Waals surface area contributed by atoms with Crippen molar-refractivity contribution in [1.82, 2.24) is 4.90 Å². The molecule has 1 rings (SSSR count). The smallest absolute Gasteiger partial charge is 0.0206 e. The third-order valence-corrected chi connectivity index (χ3v) is 2.43. The first kappa shape index (κ1) is 8.02. The predicted octanol–water partition coefficient (Wildman–Crippen LogP) is 0.674. The van der Waals surface area contributed by atoms with Crippen LogP contribution in [-0.2, 0) is 0 Å². The van der Waals surface area contributed by atoms with Crippen LogP contribution >= 0.6 is 0 Å². The van der Waals surface area contributed by atoms with Crippen LogP contribution in [0.2, 0.25) is 0 Å². The van der Waals surface area contributed by atoms with Gasteiger partial charge in [0.05, 0.1) is 0 Å². The summed E-state index contributed by atoms with van der Waals surface area (Å²) in [6, 6.07) is 1.07. The molecule has 2 unspecified atom stereocenters. The van der Waals surface area contributed by atoms with E-state index < -0.39 is 0 Å². The molecule has 2 atom stereocenters. The maximum Gasteiger partial charge on any atom is 0.0206 e. The van der Waals surface area contributed by atoms with E-state index in [1.165, 1.54) is 6.54 Å². The highest BCUT2D eigenvalue weighted by Crippen LogP contribution is 2.16. The van der Waals surface area contributed by atoms with Crippen LogP contribution in [0.4, 0.5) is 0 Å². The van der Waals surface area contributed by atoms with Gasteiger partial charge in [-0.05, 0) is 19.8 Å². The summed E-state index contributed by atoms with van der Waals surface area (Å²) in [6.45, 7) is 8.94. The van der Waals surface area contributed by atoms with Gasteiger partial charge in [-0.2, -0.15) is 0 Å². The molecule has 0 aliphatic carbocycles. The Balaban J connectivity index is 2.41. The van der Waals surface area contributed by atoms with Crippen LogP contribution in [0, 0.1) is 5.92 Å². The second kappa shape index (κ2) is 2.89. The highest BCUT2D eigenvalue weighted by Gasteiger charge is 2.27. The van der Waals surface area contributed by atoms with E-state index in [1.807, 2.05) is 0 Å². The normalized spacial score (nSPS) is 35.7. The Labute approximate surface area is 63.4 Å². The van der Waals surface area contributed by atoms with Crippen molar-refractivity contribution < 1.29 is 0 Å². The van der Waals surface area contributed by atoms with Gasteiger partial charge in [-0.15, -0.1) is 0 Å². The zero-order valence-corrected chi connectivity index (χ0v) is 7.17. The molecule has 0 aromatic heterocycles. The van der Waals surface area contributed by atoms with Gasteiger partial charge in [0.1, 0.15) is 0 Å². The van der Waals surface area contributed by atoms with Crippen LogP contribution < -0.4 is 5.73 Å². The summed E-state index contributed by atoms with van der Waals surface area (Å²) in [6.07, 6.45) is 0. The molecule has 1 aliphatic rings. The number of hydrogen-bond donors (Lipinski definition) is 1. The zero-order valence-electron chi connectivity index (χ0n) is 7.17. The Morgan fingerprint density at radius 3 is 2.20 bits per heavy atom. The summed E-state index contributed by atoms with van der Waals surface area (Å²) in [5, 5.41) is 0. The van der Waals surface area contributed by atoms with Crippen molar-refractivity contribution >= 4 is 0 Å². The summed E-state index contributed by atoms with van der Waals surface area (Å²) in [7, 11) is 0. The Morgan fingerprint density at radius 1 is 1.40 bits per heavy atom. The van der Waals surface area contributed by atoms with Gasteiger partial charge in [0.2, 0.25) is 0 Å². The van der Waals surface area contributed by atoms with E-state index >= 15 is 0 Å². The second-order valence-electron chi connectivity index (χ2n) is 3.69. The molecule has 0 spiro atoms. The maximum atomic E-state index is 5.86.